The van der Waals surface area contributed by atoms with E-state index in [0.29, 0.717) is 6.04 Å². The Morgan fingerprint density at radius 1 is 0.897 bits per heavy atom. The second kappa shape index (κ2) is 8.79. The van der Waals surface area contributed by atoms with Crippen LogP contribution in [0.25, 0.3) is 11.3 Å². The van der Waals surface area contributed by atoms with E-state index in [2.05, 4.69) is 66.8 Å². The lowest BCUT2D eigenvalue weighted by Crippen LogP contribution is -2.40. The molecule has 0 amide bonds. The van der Waals surface area contributed by atoms with Gasteiger partial charge in [0.2, 0.25) is 0 Å². The van der Waals surface area contributed by atoms with Crippen molar-refractivity contribution >= 4 is 30.6 Å². The molecule has 2 heterocycles. The summed E-state index contributed by atoms with van der Waals surface area (Å²) in [5, 5.41) is 0. The average molecular weight is 437 g/mol. The van der Waals surface area contributed by atoms with Crippen molar-refractivity contribution in [2.75, 3.05) is 18.0 Å². The summed E-state index contributed by atoms with van der Waals surface area (Å²) in [4.78, 5) is 11.5. The topological polar surface area (TPSA) is 55.0 Å². The van der Waals surface area contributed by atoms with Crippen molar-refractivity contribution in [2.24, 2.45) is 5.73 Å². The van der Waals surface area contributed by atoms with E-state index in [1.165, 1.54) is 29.5 Å². The second-order valence-corrected chi connectivity index (χ2v) is 9.61. The first-order valence-corrected chi connectivity index (χ1v) is 10.2. The fraction of sp³-hybridized carbons (Fsp3) is 0.565. The zero-order valence-electron chi connectivity index (χ0n) is 17.9. The maximum absolute atomic E-state index is 6.05. The normalized spacial score (nSPS) is 20.2. The van der Waals surface area contributed by atoms with Gasteiger partial charge in [0.1, 0.15) is 12.1 Å². The summed E-state index contributed by atoms with van der Waals surface area (Å²) in [6.45, 7) is 11.4. The van der Waals surface area contributed by atoms with Gasteiger partial charge in [-0.05, 0) is 53.7 Å². The fourth-order valence-electron chi connectivity index (χ4n) is 4.55. The molecule has 1 aliphatic heterocycles. The minimum atomic E-state index is 0. The van der Waals surface area contributed by atoms with Crippen LogP contribution < -0.4 is 10.6 Å². The molecule has 0 radical (unpaired) electrons. The Labute approximate surface area is 187 Å². The molecule has 0 atom stereocenters. The summed E-state index contributed by atoms with van der Waals surface area (Å²) in [6.07, 6.45) is 6.22. The lowest BCUT2D eigenvalue weighted by atomic mass is 9.63. The predicted molar refractivity (Wildman–Crippen MR) is 127 cm³/mol. The summed E-state index contributed by atoms with van der Waals surface area (Å²) in [5.41, 5.74) is 11.7. The molecule has 4 nitrogen and oxygen atoms in total. The first kappa shape index (κ1) is 23.9. The van der Waals surface area contributed by atoms with Gasteiger partial charge in [-0.1, -0.05) is 39.8 Å². The van der Waals surface area contributed by atoms with Gasteiger partial charge in [-0.15, -0.1) is 24.8 Å². The molecule has 0 saturated carbocycles. The van der Waals surface area contributed by atoms with Crippen molar-refractivity contribution in [3.63, 3.8) is 0 Å². The molecular formula is C23H34Cl2N4. The first-order valence-electron chi connectivity index (χ1n) is 10.2. The Balaban J connectivity index is 0.00000150. The van der Waals surface area contributed by atoms with Crippen LogP contribution in [-0.4, -0.2) is 29.1 Å². The van der Waals surface area contributed by atoms with Crippen LogP contribution in [0.4, 0.5) is 5.82 Å². The summed E-state index contributed by atoms with van der Waals surface area (Å²) in [6, 6.07) is 9.40. The van der Waals surface area contributed by atoms with E-state index in [-0.39, 0.29) is 35.6 Å². The van der Waals surface area contributed by atoms with Gasteiger partial charge in [0.15, 0.2) is 0 Å². The molecular weight excluding hydrogens is 403 g/mol. The van der Waals surface area contributed by atoms with Crippen molar-refractivity contribution < 1.29 is 0 Å². The quantitative estimate of drug-likeness (QED) is 0.696. The van der Waals surface area contributed by atoms with Crippen LogP contribution in [0.3, 0.4) is 0 Å². The Morgan fingerprint density at radius 3 is 2.17 bits per heavy atom. The SMILES string of the molecule is CC1(C)CCC(C)(C)c2cc(-c3cc(N4CCC(N)CC4)ncn3)ccc21.Cl.Cl. The fourth-order valence-corrected chi connectivity index (χ4v) is 4.55. The number of nitrogens with two attached hydrogens (primary N) is 1. The standard InChI is InChI=1S/C23H32N4.2ClH/c1-22(2)9-10-23(3,4)19-13-16(5-6-18(19)22)20-14-21(26-15-25-20)27-11-7-17(24)8-12-27;;/h5-6,13-15,17H,7-12,24H2,1-4H3;2*1H. The van der Waals surface area contributed by atoms with Crippen molar-refractivity contribution in [3.05, 3.63) is 41.7 Å². The number of nitrogens with zero attached hydrogens (tertiary/aromatic N) is 3. The largest absolute Gasteiger partial charge is 0.356 e. The molecule has 6 heteroatoms. The number of benzene rings is 1. The van der Waals surface area contributed by atoms with Gasteiger partial charge in [0.05, 0.1) is 5.69 Å². The monoisotopic (exact) mass is 436 g/mol. The molecule has 0 spiro atoms. The van der Waals surface area contributed by atoms with Gasteiger partial charge >= 0.3 is 0 Å². The number of fused-ring (bicyclic) bond motifs is 1. The Morgan fingerprint density at radius 2 is 1.52 bits per heavy atom. The zero-order chi connectivity index (χ0) is 19.2. The molecule has 1 aliphatic carbocycles. The molecule has 29 heavy (non-hydrogen) atoms. The third kappa shape index (κ3) is 4.70. The predicted octanol–water partition coefficient (Wildman–Crippen LogP) is 5.26. The minimum Gasteiger partial charge on any atom is -0.356 e. The summed E-state index contributed by atoms with van der Waals surface area (Å²) in [5.74, 6) is 1.02. The molecule has 160 valence electrons. The van der Waals surface area contributed by atoms with Crippen LogP contribution in [0.1, 0.15) is 64.5 Å². The molecule has 1 aromatic carbocycles. The Hall–Kier alpha value is -1.36. The highest BCUT2D eigenvalue weighted by molar-refractivity contribution is 5.85. The lowest BCUT2D eigenvalue weighted by Gasteiger charge is -2.42. The highest BCUT2D eigenvalue weighted by Crippen LogP contribution is 2.46. The molecule has 0 unspecified atom stereocenters. The highest BCUT2D eigenvalue weighted by Gasteiger charge is 2.37. The number of anilines is 1. The van der Waals surface area contributed by atoms with E-state index in [4.69, 9.17) is 5.73 Å². The molecule has 2 aliphatic rings. The summed E-state index contributed by atoms with van der Waals surface area (Å²) >= 11 is 0. The van der Waals surface area contributed by atoms with Crippen molar-refractivity contribution in [3.8, 4) is 11.3 Å². The third-order valence-electron chi connectivity index (χ3n) is 6.66. The van der Waals surface area contributed by atoms with Gasteiger partial charge in [-0.2, -0.15) is 0 Å². The number of rotatable bonds is 2. The van der Waals surface area contributed by atoms with E-state index in [0.717, 1.165) is 37.4 Å². The second-order valence-electron chi connectivity index (χ2n) is 9.61. The number of hydrogen-bond donors (Lipinski definition) is 1. The smallest absolute Gasteiger partial charge is 0.132 e. The van der Waals surface area contributed by atoms with Crippen LogP contribution in [0.15, 0.2) is 30.6 Å². The molecule has 1 saturated heterocycles. The number of aromatic nitrogens is 2. The minimum absolute atomic E-state index is 0. The summed E-state index contributed by atoms with van der Waals surface area (Å²) < 4.78 is 0. The van der Waals surface area contributed by atoms with Crippen LogP contribution >= 0.6 is 24.8 Å². The van der Waals surface area contributed by atoms with Crippen molar-refractivity contribution in [2.45, 2.75) is 70.3 Å². The van der Waals surface area contributed by atoms with E-state index >= 15 is 0 Å². The number of hydrogen-bond acceptors (Lipinski definition) is 4. The average Bonchev–Trinajstić information content (AvgIpc) is 2.66. The molecule has 4 rings (SSSR count). The lowest BCUT2D eigenvalue weighted by molar-refractivity contribution is 0.332. The maximum Gasteiger partial charge on any atom is 0.132 e. The third-order valence-corrected chi connectivity index (χ3v) is 6.66. The van der Waals surface area contributed by atoms with Crippen LogP contribution in [0, 0.1) is 0 Å². The summed E-state index contributed by atoms with van der Waals surface area (Å²) in [7, 11) is 0. The molecule has 2 aromatic rings. The van der Waals surface area contributed by atoms with Gasteiger partial charge in [-0.3, -0.25) is 0 Å². The van der Waals surface area contributed by atoms with Gasteiger partial charge < -0.3 is 10.6 Å². The van der Waals surface area contributed by atoms with Crippen molar-refractivity contribution in [1.29, 1.82) is 0 Å². The van der Waals surface area contributed by atoms with Crippen LogP contribution in [0.5, 0.6) is 0 Å². The van der Waals surface area contributed by atoms with Gasteiger partial charge in [-0.25, -0.2) is 9.97 Å². The molecule has 1 aromatic heterocycles. The van der Waals surface area contributed by atoms with Crippen molar-refractivity contribution in [1.82, 2.24) is 9.97 Å². The van der Waals surface area contributed by atoms with Crippen LogP contribution in [-0.2, 0) is 10.8 Å². The first-order chi connectivity index (χ1) is 12.8. The number of halogens is 2. The zero-order valence-corrected chi connectivity index (χ0v) is 19.6. The van der Waals surface area contributed by atoms with E-state index in [1.807, 2.05) is 0 Å². The molecule has 1 fully saturated rings. The Kier molecular flexibility index (Phi) is 7.25. The van der Waals surface area contributed by atoms with Gasteiger partial charge in [0.25, 0.3) is 0 Å². The highest BCUT2D eigenvalue weighted by atomic mass is 35.5. The van der Waals surface area contributed by atoms with E-state index < -0.39 is 0 Å². The van der Waals surface area contributed by atoms with Gasteiger partial charge in [0, 0.05) is 30.8 Å². The number of piperidine rings is 1. The Bertz CT molecular complexity index is 843. The molecule has 0 bridgehead atoms. The van der Waals surface area contributed by atoms with Crippen LogP contribution in [0.2, 0.25) is 0 Å². The molecule has 2 N–H and O–H groups in total. The maximum atomic E-state index is 6.05. The van der Waals surface area contributed by atoms with E-state index in [1.54, 1.807) is 6.33 Å². The van der Waals surface area contributed by atoms with E-state index in [9.17, 15) is 0 Å².